The van der Waals surface area contributed by atoms with Gasteiger partial charge in [0.25, 0.3) is 5.91 Å². The van der Waals surface area contributed by atoms with Crippen molar-refractivity contribution in [3.8, 4) is 0 Å². The number of hydrogen-bond acceptors (Lipinski definition) is 3. The molecule has 1 heterocycles. The maximum absolute atomic E-state index is 12.1. The summed E-state index contributed by atoms with van der Waals surface area (Å²) in [6, 6.07) is 7.24. The Balaban J connectivity index is 2.28. The molecule has 0 aliphatic carbocycles. The zero-order valence-electron chi connectivity index (χ0n) is 9.77. The highest BCUT2D eigenvalue weighted by molar-refractivity contribution is 7.80. The van der Waals surface area contributed by atoms with Crippen LogP contribution < -0.4 is 11.1 Å². The zero-order chi connectivity index (χ0) is 13.1. The third-order valence-corrected chi connectivity index (χ3v) is 3.62. The summed E-state index contributed by atoms with van der Waals surface area (Å²) in [5, 5.41) is 6.60. The molecule has 1 aromatic carbocycles. The van der Waals surface area contributed by atoms with E-state index in [9.17, 15) is 4.79 Å². The Labute approximate surface area is 115 Å². The van der Waals surface area contributed by atoms with Crippen LogP contribution in [0.5, 0.6) is 0 Å². The Morgan fingerprint density at radius 1 is 1.28 bits per heavy atom. The first-order valence-corrected chi connectivity index (χ1v) is 6.67. The van der Waals surface area contributed by atoms with E-state index in [-0.39, 0.29) is 10.9 Å². The van der Waals surface area contributed by atoms with Gasteiger partial charge in [-0.3, -0.25) is 4.79 Å². The van der Waals surface area contributed by atoms with Crippen molar-refractivity contribution in [1.82, 2.24) is 0 Å². The maximum Gasteiger partial charge on any atom is 0.256 e. The van der Waals surface area contributed by atoms with E-state index in [1.54, 1.807) is 12.1 Å². The summed E-state index contributed by atoms with van der Waals surface area (Å²) < 4.78 is 0. The second kappa shape index (κ2) is 5.29. The molecule has 3 nitrogen and oxygen atoms in total. The van der Waals surface area contributed by atoms with Gasteiger partial charge in [-0.2, -0.15) is 11.3 Å². The molecular weight excluding hydrogens is 264 g/mol. The normalized spacial score (nSPS) is 10.1. The predicted molar refractivity (Wildman–Crippen MR) is 79.3 cm³/mol. The van der Waals surface area contributed by atoms with E-state index < -0.39 is 0 Å². The number of benzene rings is 1. The predicted octanol–water partition coefficient (Wildman–Crippen LogP) is 2.94. The lowest BCUT2D eigenvalue weighted by Crippen LogP contribution is -2.17. The zero-order valence-corrected chi connectivity index (χ0v) is 11.4. The molecule has 0 spiro atoms. The van der Waals surface area contributed by atoms with E-state index in [0.29, 0.717) is 16.8 Å². The second-order valence-corrected chi connectivity index (χ2v) is 5.02. The Hall–Kier alpha value is -1.72. The lowest BCUT2D eigenvalue weighted by Gasteiger charge is -2.09. The van der Waals surface area contributed by atoms with Gasteiger partial charge < -0.3 is 11.1 Å². The number of carbonyl (C=O) groups excluding carboxylic acids is 1. The molecule has 0 unspecified atom stereocenters. The van der Waals surface area contributed by atoms with Gasteiger partial charge in [-0.15, -0.1) is 0 Å². The smallest absolute Gasteiger partial charge is 0.256 e. The maximum atomic E-state index is 12.1. The Kier molecular flexibility index (Phi) is 3.74. The van der Waals surface area contributed by atoms with Gasteiger partial charge in [-0.25, -0.2) is 0 Å². The van der Waals surface area contributed by atoms with Crippen molar-refractivity contribution in [2.45, 2.75) is 6.92 Å². The molecule has 0 bridgehead atoms. The Morgan fingerprint density at radius 2 is 2.00 bits per heavy atom. The minimum atomic E-state index is -0.141. The molecule has 0 saturated carbocycles. The first-order valence-electron chi connectivity index (χ1n) is 5.32. The lowest BCUT2D eigenvalue weighted by molar-refractivity contribution is 0.102. The van der Waals surface area contributed by atoms with Crippen LogP contribution in [0.2, 0.25) is 0 Å². The van der Waals surface area contributed by atoms with E-state index in [0.717, 1.165) is 5.56 Å². The van der Waals surface area contributed by atoms with Crippen LogP contribution in [0, 0.1) is 6.92 Å². The van der Waals surface area contributed by atoms with Gasteiger partial charge in [0.05, 0.1) is 11.3 Å². The van der Waals surface area contributed by atoms with E-state index in [1.165, 1.54) is 11.3 Å². The number of hydrogen-bond donors (Lipinski definition) is 2. The van der Waals surface area contributed by atoms with Gasteiger partial charge in [0.2, 0.25) is 0 Å². The number of thiocarbonyl (C=S) groups is 1. The van der Waals surface area contributed by atoms with Gasteiger partial charge in [-0.05, 0) is 30.0 Å². The summed E-state index contributed by atoms with van der Waals surface area (Å²) in [7, 11) is 0. The monoisotopic (exact) mass is 276 g/mol. The lowest BCUT2D eigenvalue weighted by atomic mass is 10.1. The van der Waals surface area contributed by atoms with Crippen molar-refractivity contribution in [2.75, 3.05) is 5.32 Å². The molecule has 1 amide bonds. The highest BCUT2D eigenvalue weighted by Gasteiger charge is 2.12. The summed E-state index contributed by atoms with van der Waals surface area (Å²) in [4.78, 5) is 12.4. The van der Waals surface area contributed by atoms with Gasteiger partial charge in [0, 0.05) is 10.9 Å². The number of para-hydroxylation sites is 1. The van der Waals surface area contributed by atoms with Crippen LogP contribution in [-0.2, 0) is 0 Å². The summed E-state index contributed by atoms with van der Waals surface area (Å²) in [5.41, 5.74) is 8.58. The molecule has 0 atom stereocenters. The number of aryl methyl sites for hydroxylation is 1. The standard InChI is InChI=1S/C13H12N2OS2/c1-8-6-18-7-10(8)13(16)15-11-5-3-2-4-9(11)12(14)17/h2-7H,1H3,(H2,14,17)(H,15,16). The van der Waals surface area contributed by atoms with E-state index in [4.69, 9.17) is 18.0 Å². The van der Waals surface area contributed by atoms with Crippen molar-refractivity contribution in [1.29, 1.82) is 0 Å². The van der Waals surface area contributed by atoms with E-state index in [1.807, 2.05) is 29.8 Å². The average molecular weight is 276 g/mol. The second-order valence-electron chi connectivity index (χ2n) is 3.83. The molecule has 0 radical (unpaired) electrons. The summed E-state index contributed by atoms with van der Waals surface area (Å²) in [5.74, 6) is -0.141. The van der Waals surface area contributed by atoms with Crippen molar-refractivity contribution >= 4 is 40.1 Å². The summed E-state index contributed by atoms with van der Waals surface area (Å²) in [6.45, 7) is 1.91. The minimum Gasteiger partial charge on any atom is -0.389 e. The van der Waals surface area contributed by atoms with E-state index >= 15 is 0 Å². The Morgan fingerprint density at radius 3 is 2.61 bits per heavy atom. The highest BCUT2D eigenvalue weighted by atomic mass is 32.1. The number of thiophene rings is 1. The SMILES string of the molecule is Cc1cscc1C(=O)Nc1ccccc1C(N)=S. The van der Waals surface area contributed by atoms with E-state index in [2.05, 4.69) is 5.32 Å². The molecular formula is C13H12N2OS2. The number of nitrogens with one attached hydrogen (secondary N) is 1. The number of nitrogens with two attached hydrogens (primary N) is 1. The van der Waals surface area contributed by atoms with Gasteiger partial charge in [0.15, 0.2) is 0 Å². The Bertz CT molecular complexity index is 605. The third-order valence-electron chi connectivity index (χ3n) is 2.54. The number of anilines is 1. The van der Waals surface area contributed by atoms with Crippen molar-refractivity contribution in [3.63, 3.8) is 0 Å². The number of amides is 1. The molecule has 3 N–H and O–H groups in total. The topological polar surface area (TPSA) is 55.1 Å². The first kappa shape index (κ1) is 12.7. The van der Waals surface area contributed by atoms with Crippen LogP contribution in [0.4, 0.5) is 5.69 Å². The van der Waals surface area contributed by atoms with Crippen LogP contribution >= 0.6 is 23.6 Å². The highest BCUT2D eigenvalue weighted by Crippen LogP contribution is 2.19. The van der Waals surface area contributed by atoms with Crippen molar-refractivity contribution in [2.24, 2.45) is 5.73 Å². The van der Waals surface area contributed by atoms with Crippen LogP contribution in [-0.4, -0.2) is 10.9 Å². The number of carbonyl (C=O) groups is 1. The van der Waals surface area contributed by atoms with Gasteiger partial charge in [-0.1, -0.05) is 24.4 Å². The van der Waals surface area contributed by atoms with Crippen LogP contribution in [0.1, 0.15) is 21.5 Å². The molecule has 0 aliphatic rings. The first-order chi connectivity index (χ1) is 8.59. The summed E-state index contributed by atoms with van der Waals surface area (Å²) in [6.07, 6.45) is 0. The average Bonchev–Trinajstić information content (AvgIpc) is 2.76. The van der Waals surface area contributed by atoms with Crippen LogP contribution in [0.15, 0.2) is 35.0 Å². The molecule has 2 rings (SSSR count). The van der Waals surface area contributed by atoms with Crippen molar-refractivity contribution in [3.05, 3.63) is 51.7 Å². The molecule has 18 heavy (non-hydrogen) atoms. The molecule has 0 fully saturated rings. The summed E-state index contributed by atoms with van der Waals surface area (Å²) >= 11 is 6.46. The van der Waals surface area contributed by atoms with Crippen LogP contribution in [0.25, 0.3) is 0 Å². The van der Waals surface area contributed by atoms with Gasteiger partial charge >= 0.3 is 0 Å². The quantitative estimate of drug-likeness (QED) is 0.847. The third kappa shape index (κ3) is 2.57. The molecule has 92 valence electrons. The fraction of sp³-hybridized carbons (Fsp3) is 0.0769. The van der Waals surface area contributed by atoms with Crippen molar-refractivity contribution < 1.29 is 4.79 Å². The minimum absolute atomic E-state index is 0.141. The van der Waals surface area contributed by atoms with Gasteiger partial charge in [0.1, 0.15) is 4.99 Å². The molecule has 0 saturated heterocycles. The molecule has 0 aliphatic heterocycles. The fourth-order valence-corrected chi connectivity index (χ4v) is 2.60. The molecule has 5 heteroatoms. The largest absolute Gasteiger partial charge is 0.389 e. The fourth-order valence-electron chi connectivity index (χ4n) is 1.59. The number of rotatable bonds is 3. The molecule has 2 aromatic rings. The molecule has 1 aromatic heterocycles. The van der Waals surface area contributed by atoms with Crippen LogP contribution in [0.3, 0.4) is 0 Å².